The molecular formula is C12H5Cl4FN2O2. The zero-order valence-electron chi connectivity index (χ0n) is 9.96. The van der Waals surface area contributed by atoms with Gasteiger partial charge in [-0.1, -0.05) is 34.8 Å². The number of aromatic nitrogens is 1. The van der Waals surface area contributed by atoms with Gasteiger partial charge in [0.1, 0.15) is 11.9 Å². The highest BCUT2D eigenvalue weighted by molar-refractivity contribution is 6.37. The molecule has 2 N–H and O–H groups in total. The molecule has 0 saturated heterocycles. The van der Waals surface area contributed by atoms with Crippen molar-refractivity contribution in [3.05, 3.63) is 44.8 Å². The Labute approximate surface area is 138 Å². The highest BCUT2D eigenvalue weighted by Crippen LogP contribution is 2.35. The molecular weight excluding hydrogens is 365 g/mol. The van der Waals surface area contributed by atoms with E-state index < -0.39 is 11.8 Å². The molecule has 0 bridgehead atoms. The van der Waals surface area contributed by atoms with Crippen molar-refractivity contribution in [1.82, 2.24) is 4.98 Å². The fourth-order valence-corrected chi connectivity index (χ4v) is 2.30. The van der Waals surface area contributed by atoms with Gasteiger partial charge < -0.3 is 10.0 Å². The zero-order chi connectivity index (χ0) is 15.7. The molecule has 1 aromatic heterocycles. The summed E-state index contributed by atoms with van der Waals surface area (Å²) in [7, 11) is 0. The fourth-order valence-electron chi connectivity index (χ4n) is 1.58. The average Bonchev–Trinajstić information content (AvgIpc) is 2.47. The van der Waals surface area contributed by atoms with Gasteiger partial charge in [-0.15, -0.1) is 0 Å². The molecule has 0 spiro atoms. The highest BCUT2D eigenvalue weighted by Gasteiger charge is 2.20. The van der Waals surface area contributed by atoms with E-state index in [2.05, 4.69) is 9.27 Å². The Hall–Kier alpha value is -1.27. The monoisotopic (exact) mass is 368 g/mol. The third-order valence-electron chi connectivity index (χ3n) is 2.56. The van der Waals surface area contributed by atoms with Crippen molar-refractivity contribution in [2.24, 2.45) is 0 Å². The summed E-state index contributed by atoms with van der Waals surface area (Å²) < 4.78 is 17.8. The number of carbonyl (C=O) groups is 1. The Morgan fingerprint density at radius 2 is 1.90 bits per heavy atom. The summed E-state index contributed by atoms with van der Waals surface area (Å²) in [6, 6.07) is 4.06. The lowest BCUT2D eigenvalue weighted by atomic mass is 10.1. The van der Waals surface area contributed by atoms with Gasteiger partial charge in [-0.3, -0.25) is 0 Å². The van der Waals surface area contributed by atoms with Crippen molar-refractivity contribution in [2.45, 2.75) is 0 Å². The Morgan fingerprint density at radius 3 is 2.52 bits per heavy atom. The van der Waals surface area contributed by atoms with Crippen LogP contribution in [0.15, 0.2) is 18.2 Å². The normalized spacial score (nSPS) is 10.5. The summed E-state index contributed by atoms with van der Waals surface area (Å²) in [6.07, 6.45) is 0. The molecule has 0 aliphatic heterocycles. The van der Waals surface area contributed by atoms with Crippen LogP contribution in [0.2, 0.25) is 15.1 Å². The van der Waals surface area contributed by atoms with Crippen LogP contribution in [0.25, 0.3) is 11.3 Å². The Balaban J connectivity index is 2.68. The van der Waals surface area contributed by atoms with Crippen LogP contribution in [-0.2, 0) is 4.29 Å². The van der Waals surface area contributed by atoms with Gasteiger partial charge in [0, 0.05) is 5.56 Å². The van der Waals surface area contributed by atoms with Gasteiger partial charge in [-0.2, -0.15) is 0 Å². The lowest BCUT2D eigenvalue weighted by Crippen LogP contribution is -2.06. The van der Waals surface area contributed by atoms with Gasteiger partial charge in [0.05, 0.1) is 26.4 Å². The van der Waals surface area contributed by atoms with Crippen LogP contribution in [0.4, 0.5) is 10.1 Å². The number of pyridine rings is 1. The van der Waals surface area contributed by atoms with Crippen LogP contribution in [0.1, 0.15) is 10.5 Å². The number of nitrogen functional groups attached to an aromatic ring is 1. The third-order valence-corrected chi connectivity index (χ3v) is 3.76. The molecule has 0 atom stereocenters. The lowest BCUT2D eigenvalue weighted by Gasteiger charge is -2.10. The predicted octanol–water partition coefficient (Wildman–Crippen LogP) is 4.74. The minimum atomic E-state index is -0.999. The van der Waals surface area contributed by atoms with Gasteiger partial charge in [-0.05, 0) is 18.2 Å². The van der Waals surface area contributed by atoms with Crippen molar-refractivity contribution in [2.75, 3.05) is 5.73 Å². The van der Waals surface area contributed by atoms with Gasteiger partial charge in [0.25, 0.3) is 0 Å². The summed E-state index contributed by atoms with van der Waals surface area (Å²) in [5.41, 5.74) is 5.71. The van der Waals surface area contributed by atoms with Crippen LogP contribution in [0, 0.1) is 5.82 Å². The van der Waals surface area contributed by atoms with Crippen LogP contribution in [-0.4, -0.2) is 11.0 Å². The molecule has 0 aliphatic rings. The lowest BCUT2D eigenvalue weighted by molar-refractivity contribution is 0.0745. The SMILES string of the molecule is Nc1cc(-c2ccc(Cl)c(F)c2Cl)nc(C(=O)OCl)c1Cl. The number of hydrogen-bond acceptors (Lipinski definition) is 4. The molecule has 9 heteroatoms. The number of benzene rings is 1. The van der Waals surface area contributed by atoms with E-state index in [1.807, 2.05) is 0 Å². The Kier molecular flexibility index (Phi) is 4.78. The summed E-state index contributed by atoms with van der Waals surface area (Å²) in [4.78, 5) is 15.4. The van der Waals surface area contributed by atoms with Crippen molar-refractivity contribution in [3.8, 4) is 11.3 Å². The van der Waals surface area contributed by atoms with Crippen molar-refractivity contribution < 1.29 is 13.5 Å². The first-order valence-corrected chi connectivity index (χ1v) is 6.73. The summed E-state index contributed by atoms with van der Waals surface area (Å²) in [6.45, 7) is 0. The number of nitrogens with two attached hydrogens (primary N) is 1. The standard InChI is InChI=1S/C12H5Cl4FN2O2/c13-5-2-1-4(8(14)10(5)17)7-3-6(18)9(15)11(19-7)12(20)21-16/h1-3H,(H2,18,19). The number of nitrogens with zero attached hydrogens (tertiary/aromatic N) is 1. The van der Waals surface area contributed by atoms with E-state index in [1.165, 1.54) is 18.2 Å². The predicted molar refractivity (Wildman–Crippen MR) is 80.3 cm³/mol. The largest absolute Gasteiger partial charge is 0.397 e. The average molecular weight is 370 g/mol. The molecule has 2 rings (SSSR count). The molecule has 0 amide bonds. The van der Waals surface area contributed by atoms with Crippen molar-refractivity contribution in [3.63, 3.8) is 0 Å². The molecule has 1 heterocycles. The van der Waals surface area contributed by atoms with Gasteiger partial charge in [-0.25, -0.2) is 14.2 Å². The minimum absolute atomic E-state index is 0.0326. The molecule has 0 radical (unpaired) electrons. The van der Waals surface area contributed by atoms with Crippen molar-refractivity contribution >= 4 is 58.3 Å². The smallest absolute Gasteiger partial charge is 0.376 e. The second-order valence-electron chi connectivity index (χ2n) is 3.85. The van der Waals surface area contributed by atoms with Gasteiger partial charge in [0.15, 0.2) is 11.5 Å². The number of anilines is 1. The van der Waals surface area contributed by atoms with E-state index in [9.17, 15) is 9.18 Å². The summed E-state index contributed by atoms with van der Waals surface area (Å²) >= 11 is 22.3. The minimum Gasteiger partial charge on any atom is -0.397 e. The molecule has 4 nitrogen and oxygen atoms in total. The van der Waals surface area contributed by atoms with Gasteiger partial charge in [0.2, 0.25) is 0 Å². The van der Waals surface area contributed by atoms with Crippen LogP contribution >= 0.6 is 46.7 Å². The van der Waals surface area contributed by atoms with E-state index in [0.29, 0.717) is 0 Å². The second kappa shape index (κ2) is 6.23. The Morgan fingerprint density at radius 1 is 1.24 bits per heavy atom. The maximum absolute atomic E-state index is 13.7. The number of carbonyl (C=O) groups excluding carboxylic acids is 1. The highest BCUT2D eigenvalue weighted by atomic mass is 35.5. The van der Waals surface area contributed by atoms with E-state index in [0.717, 1.165) is 0 Å². The molecule has 110 valence electrons. The van der Waals surface area contributed by atoms with Crippen LogP contribution in [0.3, 0.4) is 0 Å². The molecule has 0 fully saturated rings. The maximum Gasteiger partial charge on any atom is 0.376 e. The molecule has 0 unspecified atom stereocenters. The summed E-state index contributed by atoms with van der Waals surface area (Å²) in [5.74, 6) is -1.81. The van der Waals surface area contributed by atoms with Crippen LogP contribution < -0.4 is 5.73 Å². The molecule has 0 saturated carbocycles. The number of halogens is 5. The first-order chi connectivity index (χ1) is 9.86. The van der Waals surface area contributed by atoms with Gasteiger partial charge >= 0.3 is 5.97 Å². The first-order valence-electron chi connectivity index (χ1n) is 5.29. The van der Waals surface area contributed by atoms with E-state index in [4.69, 9.17) is 52.4 Å². The zero-order valence-corrected chi connectivity index (χ0v) is 13.0. The van der Waals surface area contributed by atoms with E-state index >= 15 is 0 Å². The first kappa shape index (κ1) is 16.1. The second-order valence-corrected chi connectivity index (χ2v) is 5.16. The molecule has 2 aromatic rings. The number of rotatable bonds is 2. The van der Waals surface area contributed by atoms with E-state index in [1.54, 1.807) is 0 Å². The molecule has 21 heavy (non-hydrogen) atoms. The molecule has 0 aliphatic carbocycles. The third kappa shape index (κ3) is 3.01. The number of hydrogen-bond donors (Lipinski definition) is 1. The maximum atomic E-state index is 13.7. The van der Waals surface area contributed by atoms with E-state index in [-0.39, 0.29) is 37.7 Å². The Bertz CT molecular complexity index is 740. The summed E-state index contributed by atoms with van der Waals surface area (Å²) in [5, 5.41) is -0.539. The quantitative estimate of drug-likeness (QED) is 0.776. The molecule has 1 aromatic carbocycles. The van der Waals surface area contributed by atoms with Crippen molar-refractivity contribution in [1.29, 1.82) is 0 Å². The van der Waals surface area contributed by atoms with Crippen LogP contribution in [0.5, 0.6) is 0 Å². The fraction of sp³-hybridized carbons (Fsp3) is 0. The topological polar surface area (TPSA) is 65.2 Å².